The molecule has 0 aliphatic rings. The Morgan fingerprint density at radius 1 is 1.30 bits per heavy atom. The molecule has 3 N–H and O–H groups in total. The van der Waals surface area contributed by atoms with Crippen LogP contribution in [0.5, 0.6) is 0 Å². The second-order valence-corrected chi connectivity index (χ2v) is 4.85. The molecule has 0 spiro atoms. The van der Waals surface area contributed by atoms with Crippen molar-refractivity contribution in [2.24, 2.45) is 0 Å². The van der Waals surface area contributed by atoms with Crippen molar-refractivity contribution >= 4 is 17.6 Å². The van der Waals surface area contributed by atoms with Crippen LogP contribution in [0.2, 0.25) is 0 Å². The van der Waals surface area contributed by atoms with Crippen molar-refractivity contribution in [2.45, 2.75) is 19.0 Å². The van der Waals surface area contributed by atoms with E-state index in [1.807, 2.05) is 6.07 Å². The van der Waals surface area contributed by atoms with Gasteiger partial charge in [-0.25, -0.2) is 0 Å². The normalized spacial score (nSPS) is 11.4. The molecule has 1 aromatic carbocycles. The molecule has 0 radical (unpaired) electrons. The lowest BCUT2D eigenvalue weighted by molar-refractivity contribution is -0.693. The van der Waals surface area contributed by atoms with E-state index in [4.69, 9.17) is 9.68 Å². The summed E-state index contributed by atoms with van der Waals surface area (Å²) in [5.41, 5.74) is 0.647. The molecule has 0 aliphatic carbocycles. The van der Waals surface area contributed by atoms with E-state index >= 15 is 0 Å². The van der Waals surface area contributed by atoms with Crippen LogP contribution in [0.3, 0.4) is 0 Å². The first-order valence-corrected chi connectivity index (χ1v) is 6.95. The minimum atomic E-state index is -1.32. The third-order valence-corrected chi connectivity index (χ3v) is 3.21. The number of carboxylic acid groups (broad SMARTS) is 1. The molecule has 23 heavy (non-hydrogen) atoms. The number of amides is 1. The highest BCUT2D eigenvalue weighted by Gasteiger charge is 2.23. The van der Waals surface area contributed by atoms with Gasteiger partial charge < -0.3 is 25.0 Å². The van der Waals surface area contributed by atoms with E-state index in [1.54, 1.807) is 41.7 Å². The van der Waals surface area contributed by atoms with E-state index < -0.39 is 24.3 Å². The Hall–Kier alpha value is -3.11. The van der Waals surface area contributed by atoms with Crippen molar-refractivity contribution in [3.8, 4) is 6.07 Å². The molecule has 7 heteroatoms. The number of nitrogens with zero attached hydrogens (tertiary/aromatic N) is 1. The molecule has 2 aromatic rings. The molecule has 1 atom stereocenters. The van der Waals surface area contributed by atoms with Gasteiger partial charge in [-0.05, 0) is 24.3 Å². The fourth-order valence-corrected chi connectivity index (χ4v) is 2.06. The zero-order valence-electron chi connectivity index (χ0n) is 12.2. The summed E-state index contributed by atoms with van der Waals surface area (Å²) in [6.45, 7) is 0.318. The first-order chi connectivity index (χ1) is 11.1. The van der Waals surface area contributed by atoms with E-state index in [-0.39, 0.29) is 0 Å². The minimum absolute atomic E-state index is 0.305. The molecule has 0 unspecified atom stereocenters. The van der Waals surface area contributed by atoms with Crippen LogP contribution in [0.1, 0.15) is 17.7 Å². The Morgan fingerprint density at radius 3 is 2.74 bits per heavy atom. The molecule has 0 aliphatic heterocycles. The van der Waals surface area contributed by atoms with Crippen LogP contribution in [-0.2, 0) is 16.1 Å². The molecule has 0 saturated heterocycles. The van der Waals surface area contributed by atoms with E-state index in [2.05, 4.69) is 5.32 Å². The monoisotopic (exact) mass is 313 g/mol. The molecule has 7 nitrogen and oxygen atoms in total. The van der Waals surface area contributed by atoms with Gasteiger partial charge in [0, 0.05) is 12.4 Å². The number of carboxylic acids is 1. The van der Waals surface area contributed by atoms with E-state index in [9.17, 15) is 14.7 Å². The van der Waals surface area contributed by atoms with Gasteiger partial charge in [-0.3, -0.25) is 4.79 Å². The van der Waals surface area contributed by atoms with Crippen LogP contribution in [0.25, 0.3) is 0 Å². The maximum absolute atomic E-state index is 12.3. The summed E-state index contributed by atoms with van der Waals surface area (Å²) in [4.78, 5) is 23.2. The lowest BCUT2D eigenvalue weighted by Crippen LogP contribution is -2.91. The first-order valence-electron chi connectivity index (χ1n) is 6.95. The fraction of sp³-hybridized carbons (Fsp3) is 0.188. The van der Waals surface area contributed by atoms with Crippen LogP contribution < -0.4 is 15.7 Å². The number of quaternary nitrogens is 1. The van der Waals surface area contributed by atoms with Crippen molar-refractivity contribution in [3.63, 3.8) is 0 Å². The van der Waals surface area contributed by atoms with Gasteiger partial charge in [0.05, 0.1) is 17.5 Å². The Balaban J connectivity index is 2.06. The van der Waals surface area contributed by atoms with Gasteiger partial charge in [-0.15, -0.1) is 0 Å². The lowest BCUT2D eigenvalue weighted by Gasteiger charge is -2.16. The van der Waals surface area contributed by atoms with Gasteiger partial charge in [0.2, 0.25) is 0 Å². The number of hydrogen-bond donors (Lipinski definition) is 2. The van der Waals surface area contributed by atoms with Gasteiger partial charge >= 0.3 is 0 Å². The summed E-state index contributed by atoms with van der Waals surface area (Å²) in [6, 6.07) is 11.0. The predicted octanol–water partition coefficient (Wildman–Crippen LogP) is -0.638. The number of nitrogens with two attached hydrogens (primary N) is 1. The van der Waals surface area contributed by atoms with Crippen LogP contribution in [0.15, 0.2) is 47.1 Å². The summed E-state index contributed by atoms with van der Waals surface area (Å²) in [5.74, 6) is -1.21. The largest absolute Gasteiger partial charge is 0.550 e. The SMILES string of the molecule is N#Cc1ccccc1NC(=O)[C@@H](CC(=O)[O-])[NH2+]Cc1ccco1. The molecular weight excluding hydrogens is 298 g/mol. The van der Waals surface area contributed by atoms with E-state index in [0.29, 0.717) is 23.6 Å². The number of nitriles is 1. The molecule has 0 fully saturated rings. The van der Waals surface area contributed by atoms with Gasteiger partial charge in [-0.1, -0.05) is 12.1 Å². The number of benzene rings is 1. The highest BCUT2D eigenvalue weighted by Crippen LogP contribution is 2.13. The smallest absolute Gasteiger partial charge is 0.283 e. The number of furan rings is 1. The van der Waals surface area contributed by atoms with Crippen LogP contribution in [0.4, 0.5) is 5.69 Å². The van der Waals surface area contributed by atoms with Crippen molar-refractivity contribution in [3.05, 3.63) is 54.0 Å². The second-order valence-electron chi connectivity index (χ2n) is 4.85. The Bertz CT molecular complexity index is 719. The van der Waals surface area contributed by atoms with Crippen molar-refractivity contribution in [1.29, 1.82) is 5.26 Å². The molecule has 1 aromatic heterocycles. The number of nitrogens with one attached hydrogen (secondary N) is 1. The number of carbonyl (C=O) groups is 2. The zero-order chi connectivity index (χ0) is 16.7. The maximum Gasteiger partial charge on any atom is 0.283 e. The van der Waals surface area contributed by atoms with Gasteiger partial charge in [0.15, 0.2) is 11.8 Å². The highest BCUT2D eigenvalue weighted by molar-refractivity contribution is 5.96. The van der Waals surface area contributed by atoms with Crippen molar-refractivity contribution in [1.82, 2.24) is 0 Å². The molecule has 118 valence electrons. The second kappa shape index (κ2) is 7.77. The standard InChI is InChI=1S/C16H15N3O4/c17-9-11-4-1-2-6-13(11)19-16(22)14(8-15(20)21)18-10-12-5-3-7-23-12/h1-7,14,18H,8,10H2,(H,19,22)(H,20,21)/t14-/m1/s1. The average molecular weight is 313 g/mol. The van der Waals surface area contributed by atoms with Crippen LogP contribution >= 0.6 is 0 Å². The van der Waals surface area contributed by atoms with Gasteiger partial charge in [0.1, 0.15) is 12.6 Å². The zero-order valence-corrected chi connectivity index (χ0v) is 12.2. The maximum atomic E-state index is 12.3. The van der Waals surface area contributed by atoms with Gasteiger partial charge in [0.25, 0.3) is 5.91 Å². The predicted molar refractivity (Wildman–Crippen MR) is 77.5 cm³/mol. The third kappa shape index (κ3) is 4.69. The van der Waals surface area contributed by atoms with Crippen LogP contribution in [-0.4, -0.2) is 17.9 Å². The van der Waals surface area contributed by atoms with Crippen molar-refractivity contribution < 1.29 is 24.4 Å². The molecule has 1 amide bonds. The summed E-state index contributed by atoms with van der Waals surface area (Å²) in [5, 5.41) is 24.0. The van der Waals surface area contributed by atoms with E-state index in [1.165, 1.54) is 6.26 Å². The molecular formula is C16H15N3O4. The topological polar surface area (TPSA) is 123 Å². The number of hydrogen-bond acceptors (Lipinski definition) is 5. The molecule has 0 bridgehead atoms. The number of aliphatic carboxylic acids is 1. The molecule has 1 heterocycles. The summed E-state index contributed by atoms with van der Waals surface area (Å²) in [7, 11) is 0. The molecule has 0 saturated carbocycles. The third-order valence-electron chi connectivity index (χ3n) is 3.21. The highest BCUT2D eigenvalue weighted by atomic mass is 16.4. The first kappa shape index (κ1) is 16.3. The lowest BCUT2D eigenvalue weighted by atomic mass is 10.1. The summed E-state index contributed by atoms with van der Waals surface area (Å²) >= 11 is 0. The van der Waals surface area contributed by atoms with Gasteiger partial charge in [-0.2, -0.15) is 5.26 Å². The van der Waals surface area contributed by atoms with Crippen LogP contribution in [0, 0.1) is 11.3 Å². The number of rotatable bonds is 7. The molecule has 2 rings (SSSR count). The Kier molecular flexibility index (Phi) is 5.50. The number of carbonyl (C=O) groups excluding carboxylic acids is 2. The van der Waals surface area contributed by atoms with E-state index in [0.717, 1.165) is 0 Å². The fourth-order valence-electron chi connectivity index (χ4n) is 2.06. The Morgan fingerprint density at radius 2 is 2.09 bits per heavy atom. The van der Waals surface area contributed by atoms with Crippen molar-refractivity contribution in [2.75, 3.05) is 5.32 Å². The Labute approximate surface area is 132 Å². The quantitative estimate of drug-likeness (QED) is 0.704. The number of para-hydroxylation sites is 1. The minimum Gasteiger partial charge on any atom is -0.550 e. The number of anilines is 1. The summed E-state index contributed by atoms with van der Waals surface area (Å²) < 4.78 is 5.15. The average Bonchev–Trinajstić information content (AvgIpc) is 3.05. The summed E-state index contributed by atoms with van der Waals surface area (Å²) in [6.07, 6.45) is 1.06.